The lowest BCUT2D eigenvalue weighted by Gasteiger charge is -2.35. The highest BCUT2D eigenvalue weighted by Gasteiger charge is 2.18. The molecule has 26 heavy (non-hydrogen) atoms. The van der Waals surface area contributed by atoms with Crippen LogP contribution in [-0.4, -0.2) is 41.1 Å². The van der Waals surface area contributed by atoms with E-state index in [4.69, 9.17) is 0 Å². The predicted octanol–water partition coefficient (Wildman–Crippen LogP) is 4.63. The average Bonchev–Trinajstić information content (AvgIpc) is 2.67. The van der Waals surface area contributed by atoms with Gasteiger partial charge in [-0.3, -0.25) is 9.80 Å². The van der Waals surface area contributed by atoms with Crippen molar-refractivity contribution in [3.63, 3.8) is 0 Å². The van der Waals surface area contributed by atoms with Crippen molar-refractivity contribution in [2.24, 2.45) is 0 Å². The topological polar surface area (TPSA) is 26.7 Å². The smallest absolute Gasteiger partial charge is 0.120 e. The molecule has 134 valence electrons. The van der Waals surface area contributed by atoms with Crippen molar-refractivity contribution in [1.29, 1.82) is 0 Å². The maximum atomic E-state index is 10.1. The monoisotopic (exact) mass is 410 g/mol. The van der Waals surface area contributed by atoms with Crippen molar-refractivity contribution >= 4 is 26.7 Å². The molecule has 1 N–H and O–H groups in total. The number of piperazine rings is 1. The zero-order chi connectivity index (χ0) is 17.9. The van der Waals surface area contributed by atoms with E-state index in [1.54, 1.807) is 6.07 Å². The molecule has 3 aromatic rings. The van der Waals surface area contributed by atoms with Gasteiger partial charge in [0.25, 0.3) is 0 Å². The lowest BCUT2D eigenvalue weighted by molar-refractivity contribution is 0.121. The molecule has 0 amide bonds. The van der Waals surface area contributed by atoms with Gasteiger partial charge in [-0.05, 0) is 34.5 Å². The van der Waals surface area contributed by atoms with Crippen LogP contribution < -0.4 is 0 Å². The summed E-state index contributed by atoms with van der Waals surface area (Å²) in [6.07, 6.45) is 0. The van der Waals surface area contributed by atoms with Gasteiger partial charge >= 0.3 is 0 Å². The number of hydrogen-bond acceptors (Lipinski definition) is 3. The van der Waals surface area contributed by atoms with Gasteiger partial charge in [0.15, 0.2) is 0 Å². The second-order valence-electron chi connectivity index (χ2n) is 6.96. The summed E-state index contributed by atoms with van der Waals surface area (Å²) in [6.45, 7) is 5.95. The Balaban J connectivity index is 1.38. The number of rotatable bonds is 4. The molecule has 0 radical (unpaired) electrons. The SMILES string of the molecule is Oc1ccc(Br)cc1CN1CCN(Cc2cccc3ccccc23)CC1. The number of halogens is 1. The Kier molecular flexibility index (Phi) is 5.25. The molecule has 4 heteroatoms. The van der Waals surface area contributed by atoms with Gasteiger partial charge < -0.3 is 5.11 Å². The van der Waals surface area contributed by atoms with Gasteiger partial charge in [0, 0.05) is 49.3 Å². The van der Waals surface area contributed by atoms with E-state index >= 15 is 0 Å². The summed E-state index contributed by atoms with van der Waals surface area (Å²) >= 11 is 3.49. The van der Waals surface area contributed by atoms with E-state index in [2.05, 4.69) is 68.2 Å². The molecule has 3 aromatic carbocycles. The number of phenolic OH excluding ortho intramolecular Hbond substituents is 1. The van der Waals surface area contributed by atoms with Crippen molar-refractivity contribution in [3.05, 3.63) is 76.3 Å². The molecule has 0 bridgehead atoms. The van der Waals surface area contributed by atoms with Crippen LogP contribution in [0.5, 0.6) is 5.75 Å². The minimum Gasteiger partial charge on any atom is -0.508 e. The first-order chi connectivity index (χ1) is 12.7. The molecule has 0 unspecified atom stereocenters. The molecule has 0 aliphatic carbocycles. The average molecular weight is 411 g/mol. The Morgan fingerprint density at radius 3 is 2.19 bits per heavy atom. The number of hydrogen-bond donors (Lipinski definition) is 1. The Hall–Kier alpha value is -1.88. The second kappa shape index (κ2) is 7.78. The first-order valence-corrected chi connectivity index (χ1v) is 9.87. The molecule has 0 saturated carbocycles. The van der Waals surface area contributed by atoms with Crippen LogP contribution in [0.4, 0.5) is 0 Å². The third-order valence-corrected chi connectivity index (χ3v) is 5.67. The zero-order valence-electron chi connectivity index (χ0n) is 14.7. The van der Waals surface area contributed by atoms with Crippen LogP contribution in [0.2, 0.25) is 0 Å². The minimum absolute atomic E-state index is 0.381. The summed E-state index contributed by atoms with van der Waals surface area (Å²) in [7, 11) is 0. The first-order valence-electron chi connectivity index (χ1n) is 9.08. The second-order valence-corrected chi connectivity index (χ2v) is 7.88. The standard InChI is InChI=1S/C22H23BrN2O/c23-20-8-9-22(26)19(14-20)16-25-12-10-24(11-13-25)15-18-6-3-5-17-4-1-2-7-21(17)18/h1-9,14,26H,10-13,15-16H2. The highest BCUT2D eigenvalue weighted by molar-refractivity contribution is 9.10. The summed E-state index contributed by atoms with van der Waals surface area (Å²) in [6, 6.07) is 20.9. The van der Waals surface area contributed by atoms with Crippen molar-refractivity contribution in [2.75, 3.05) is 26.2 Å². The number of aromatic hydroxyl groups is 1. The van der Waals surface area contributed by atoms with Gasteiger partial charge in [0.1, 0.15) is 5.75 Å². The summed E-state index contributed by atoms with van der Waals surface area (Å²) in [5.74, 6) is 0.381. The summed E-state index contributed by atoms with van der Waals surface area (Å²) < 4.78 is 1.01. The van der Waals surface area contributed by atoms with Crippen LogP contribution in [0.25, 0.3) is 10.8 Å². The summed E-state index contributed by atoms with van der Waals surface area (Å²) in [4.78, 5) is 4.94. The largest absolute Gasteiger partial charge is 0.508 e. The zero-order valence-corrected chi connectivity index (χ0v) is 16.3. The molecule has 1 fully saturated rings. The van der Waals surface area contributed by atoms with Crippen molar-refractivity contribution < 1.29 is 5.11 Å². The Morgan fingerprint density at radius 1 is 0.769 bits per heavy atom. The third-order valence-electron chi connectivity index (χ3n) is 5.17. The Morgan fingerprint density at radius 2 is 1.42 bits per heavy atom. The molecule has 0 atom stereocenters. The van der Waals surface area contributed by atoms with Gasteiger partial charge in [-0.2, -0.15) is 0 Å². The van der Waals surface area contributed by atoms with E-state index in [0.717, 1.165) is 49.3 Å². The highest BCUT2D eigenvalue weighted by atomic mass is 79.9. The lowest BCUT2D eigenvalue weighted by Crippen LogP contribution is -2.45. The lowest BCUT2D eigenvalue weighted by atomic mass is 10.0. The maximum Gasteiger partial charge on any atom is 0.120 e. The minimum atomic E-state index is 0.381. The number of nitrogens with zero attached hydrogens (tertiary/aromatic N) is 2. The molecular weight excluding hydrogens is 388 g/mol. The Bertz CT molecular complexity index is 898. The van der Waals surface area contributed by atoms with Crippen molar-refractivity contribution in [1.82, 2.24) is 9.80 Å². The van der Waals surface area contributed by atoms with Crippen molar-refractivity contribution in [2.45, 2.75) is 13.1 Å². The van der Waals surface area contributed by atoms with E-state index in [1.165, 1.54) is 16.3 Å². The fraction of sp³-hybridized carbons (Fsp3) is 0.273. The van der Waals surface area contributed by atoms with Crippen LogP contribution in [0, 0.1) is 0 Å². The number of fused-ring (bicyclic) bond motifs is 1. The van der Waals surface area contributed by atoms with E-state index in [0.29, 0.717) is 5.75 Å². The first kappa shape index (κ1) is 17.5. The molecule has 3 nitrogen and oxygen atoms in total. The molecule has 4 rings (SSSR count). The van der Waals surface area contributed by atoms with Crippen LogP contribution in [0.15, 0.2) is 65.1 Å². The normalized spacial score (nSPS) is 16.2. The molecular formula is C22H23BrN2O. The number of phenols is 1. The van der Waals surface area contributed by atoms with Gasteiger partial charge in [-0.1, -0.05) is 58.4 Å². The highest BCUT2D eigenvalue weighted by Crippen LogP contribution is 2.24. The molecule has 0 spiro atoms. The van der Waals surface area contributed by atoms with E-state index in [9.17, 15) is 5.11 Å². The van der Waals surface area contributed by atoms with Gasteiger partial charge in [-0.15, -0.1) is 0 Å². The van der Waals surface area contributed by atoms with E-state index in [1.807, 2.05) is 12.1 Å². The van der Waals surface area contributed by atoms with Gasteiger partial charge in [0.05, 0.1) is 0 Å². The molecule has 1 heterocycles. The van der Waals surface area contributed by atoms with Gasteiger partial charge in [0.2, 0.25) is 0 Å². The van der Waals surface area contributed by atoms with E-state index < -0.39 is 0 Å². The molecule has 1 aliphatic rings. The molecule has 1 aliphatic heterocycles. The third kappa shape index (κ3) is 3.93. The number of benzene rings is 3. The van der Waals surface area contributed by atoms with Crippen LogP contribution >= 0.6 is 15.9 Å². The summed E-state index contributed by atoms with van der Waals surface area (Å²) in [5.41, 5.74) is 2.39. The predicted molar refractivity (Wildman–Crippen MR) is 110 cm³/mol. The quantitative estimate of drug-likeness (QED) is 0.679. The Labute approximate surface area is 163 Å². The van der Waals surface area contributed by atoms with Crippen molar-refractivity contribution in [3.8, 4) is 5.75 Å². The molecule has 1 saturated heterocycles. The fourth-order valence-electron chi connectivity index (χ4n) is 3.70. The molecule has 0 aromatic heterocycles. The van der Waals surface area contributed by atoms with Crippen LogP contribution in [-0.2, 0) is 13.1 Å². The van der Waals surface area contributed by atoms with E-state index in [-0.39, 0.29) is 0 Å². The summed E-state index contributed by atoms with van der Waals surface area (Å²) in [5, 5.41) is 12.7. The fourth-order valence-corrected chi connectivity index (χ4v) is 4.11. The van der Waals surface area contributed by atoms with Crippen LogP contribution in [0.1, 0.15) is 11.1 Å². The van der Waals surface area contributed by atoms with Gasteiger partial charge in [-0.25, -0.2) is 0 Å². The van der Waals surface area contributed by atoms with Crippen LogP contribution in [0.3, 0.4) is 0 Å². The maximum absolute atomic E-state index is 10.1.